The molecule has 2 aliphatic rings. The quantitative estimate of drug-likeness (QED) is 0.751. The highest BCUT2D eigenvalue weighted by atomic mass is 32.1. The molecule has 1 fully saturated rings. The molecule has 0 radical (unpaired) electrons. The molecule has 3 aromatic rings. The first-order valence-corrected chi connectivity index (χ1v) is 9.94. The van der Waals surface area contributed by atoms with E-state index in [4.69, 9.17) is 14.5 Å². The number of hydrogen-bond donors (Lipinski definition) is 1. The number of nitrogens with one attached hydrogen (secondary N) is 1. The van der Waals surface area contributed by atoms with Gasteiger partial charge < -0.3 is 14.8 Å². The van der Waals surface area contributed by atoms with Crippen molar-refractivity contribution < 1.29 is 9.47 Å². The van der Waals surface area contributed by atoms with Crippen molar-refractivity contribution in [2.45, 2.75) is 12.6 Å². The van der Waals surface area contributed by atoms with Crippen molar-refractivity contribution in [3.05, 3.63) is 59.4 Å². The zero-order valence-electron chi connectivity index (χ0n) is 14.8. The molecule has 0 aliphatic carbocycles. The second-order valence-corrected chi connectivity index (χ2v) is 7.55. The fraction of sp³-hybridized carbons (Fsp3) is 0.300. The molecule has 0 spiro atoms. The van der Waals surface area contributed by atoms with Gasteiger partial charge in [-0.15, -0.1) is 11.3 Å². The Morgan fingerprint density at radius 1 is 1.22 bits per heavy atom. The Morgan fingerprint density at radius 2 is 2.19 bits per heavy atom. The number of fused-ring (bicyclic) bond motifs is 1. The summed E-state index contributed by atoms with van der Waals surface area (Å²) in [4.78, 5) is 11.6. The van der Waals surface area contributed by atoms with Crippen LogP contribution in [0.3, 0.4) is 0 Å². The first-order valence-electron chi connectivity index (χ1n) is 9.06. The van der Waals surface area contributed by atoms with E-state index in [-0.39, 0.29) is 0 Å². The molecule has 5 rings (SSSR count). The van der Waals surface area contributed by atoms with Crippen LogP contribution in [-0.4, -0.2) is 41.3 Å². The molecule has 1 atom stereocenters. The Hall–Kier alpha value is -2.48. The number of benzene rings is 1. The first-order chi connectivity index (χ1) is 13.4. The Morgan fingerprint density at radius 3 is 3.11 bits per heavy atom. The fourth-order valence-electron chi connectivity index (χ4n) is 3.59. The Kier molecular flexibility index (Phi) is 4.49. The van der Waals surface area contributed by atoms with E-state index in [1.165, 1.54) is 5.56 Å². The van der Waals surface area contributed by atoms with E-state index in [0.29, 0.717) is 12.8 Å². The van der Waals surface area contributed by atoms with Crippen LogP contribution in [0.2, 0.25) is 0 Å². The third-order valence-electron chi connectivity index (χ3n) is 4.96. The molecular weight excluding hydrogens is 360 g/mol. The predicted octanol–water partition coefficient (Wildman–Crippen LogP) is 3.08. The summed E-state index contributed by atoms with van der Waals surface area (Å²) in [5.41, 5.74) is 3.42. The minimum Gasteiger partial charge on any atom is -0.454 e. The van der Waals surface area contributed by atoms with Crippen molar-refractivity contribution in [2.75, 3.05) is 26.4 Å². The molecule has 0 amide bonds. The number of ether oxygens (including phenoxy) is 2. The lowest BCUT2D eigenvalue weighted by molar-refractivity contribution is 0.152. The molecule has 1 unspecified atom stereocenters. The van der Waals surface area contributed by atoms with Gasteiger partial charge in [0.1, 0.15) is 5.01 Å². The zero-order valence-corrected chi connectivity index (χ0v) is 15.6. The largest absolute Gasteiger partial charge is 0.454 e. The number of thiazole rings is 1. The molecule has 7 heteroatoms. The van der Waals surface area contributed by atoms with Crippen molar-refractivity contribution in [1.82, 2.24) is 20.2 Å². The Bertz CT molecular complexity index is 931. The normalized spacial score (nSPS) is 19.3. The van der Waals surface area contributed by atoms with Gasteiger partial charge in [0.25, 0.3) is 0 Å². The van der Waals surface area contributed by atoms with E-state index >= 15 is 0 Å². The predicted molar refractivity (Wildman–Crippen MR) is 104 cm³/mol. The number of piperazine rings is 1. The summed E-state index contributed by atoms with van der Waals surface area (Å²) in [6.45, 7) is 4.06. The van der Waals surface area contributed by atoms with Crippen molar-refractivity contribution in [1.29, 1.82) is 0 Å². The zero-order chi connectivity index (χ0) is 18.1. The summed E-state index contributed by atoms with van der Waals surface area (Å²) in [6.07, 6.45) is 3.78. The van der Waals surface area contributed by atoms with Crippen LogP contribution >= 0.6 is 11.3 Å². The van der Waals surface area contributed by atoms with Gasteiger partial charge in [-0.1, -0.05) is 6.07 Å². The van der Waals surface area contributed by atoms with Gasteiger partial charge >= 0.3 is 0 Å². The number of rotatable bonds is 4. The van der Waals surface area contributed by atoms with E-state index < -0.39 is 0 Å². The maximum atomic E-state index is 5.49. The van der Waals surface area contributed by atoms with Crippen LogP contribution in [0, 0.1) is 0 Å². The van der Waals surface area contributed by atoms with Crippen molar-refractivity contribution in [3.8, 4) is 22.1 Å². The Balaban J connectivity index is 1.35. The summed E-state index contributed by atoms with van der Waals surface area (Å²) in [7, 11) is 0. The van der Waals surface area contributed by atoms with Crippen molar-refractivity contribution in [3.63, 3.8) is 0 Å². The molecule has 1 saturated heterocycles. The second kappa shape index (κ2) is 7.26. The maximum absolute atomic E-state index is 5.49. The molecule has 1 aromatic carbocycles. The van der Waals surface area contributed by atoms with Gasteiger partial charge in [-0.25, -0.2) is 4.98 Å². The van der Waals surface area contributed by atoms with Crippen molar-refractivity contribution >= 4 is 11.3 Å². The highest BCUT2D eigenvalue weighted by Gasteiger charge is 2.25. The number of pyridine rings is 1. The molecule has 0 saturated carbocycles. The van der Waals surface area contributed by atoms with E-state index in [1.54, 1.807) is 11.3 Å². The third kappa shape index (κ3) is 3.41. The van der Waals surface area contributed by atoms with Gasteiger partial charge in [0.15, 0.2) is 11.5 Å². The average molecular weight is 380 g/mol. The van der Waals surface area contributed by atoms with Crippen LogP contribution < -0.4 is 14.8 Å². The van der Waals surface area contributed by atoms with E-state index in [2.05, 4.69) is 26.6 Å². The lowest BCUT2D eigenvalue weighted by atomic mass is 10.1. The third-order valence-corrected chi connectivity index (χ3v) is 5.90. The van der Waals surface area contributed by atoms with Crippen molar-refractivity contribution in [2.24, 2.45) is 0 Å². The topological polar surface area (TPSA) is 59.5 Å². The monoisotopic (exact) mass is 380 g/mol. The molecule has 138 valence electrons. The average Bonchev–Trinajstić information content (AvgIpc) is 3.38. The van der Waals surface area contributed by atoms with Crippen LogP contribution in [0.4, 0.5) is 0 Å². The van der Waals surface area contributed by atoms with Crippen LogP contribution in [-0.2, 0) is 6.54 Å². The SMILES string of the molecule is c1cncc(C2CNCCN2Cc2csc(-c3ccc4c(c3)OCO4)n2)c1. The lowest BCUT2D eigenvalue weighted by Crippen LogP contribution is -2.45. The van der Waals surface area contributed by atoms with Gasteiger partial charge in [0.2, 0.25) is 6.79 Å². The summed E-state index contributed by atoms with van der Waals surface area (Å²) < 4.78 is 10.9. The number of aromatic nitrogens is 2. The fourth-order valence-corrected chi connectivity index (χ4v) is 4.40. The van der Waals surface area contributed by atoms with Crippen LogP contribution in [0.25, 0.3) is 10.6 Å². The molecule has 2 aliphatic heterocycles. The highest BCUT2D eigenvalue weighted by Crippen LogP contribution is 2.37. The second-order valence-electron chi connectivity index (χ2n) is 6.69. The van der Waals surface area contributed by atoms with Gasteiger partial charge in [-0.05, 0) is 29.8 Å². The minimum absolute atomic E-state index is 0.292. The van der Waals surface area contributed by atoms with Crippen LogP contribution in [0.15, 0.2) is 48.1 Å². The Labute approximate surface area is 161 Å². The molecule has 0 bridgehead atoms. The highest BCUT2D eigenvalue weighted by molar-refractivity contribution is 7.13. The number of nitrogens with zero attached hydrogens (tertiary/aromatic N) is 3. The summed E-state index contributed by atoms with van der Waals surface area (Å²) in [5.74, 6) is 1.60. The summed E-state index contributed by atoms with van der Waals surface area (Å²) in [6, 6.07) is 10.5. The first kappa shape index (κ1) is 16.7. The minimum atomic E-state index is 0.292. The molecule has 6 nitrogen and oxygen atoms in total. The molecule has 4 heterocycles. The van der Waals surface area contributed by atoms with Crippen LogP contribution in [0.1, 0.15) is 17.3 Å². The van der Waals surface area contributed by atoms with Gasteiger partial charge in [-0.3, -0.25) is 9.88 Å². The van der Waals surface area contributed by atoms with Crippen LogP contribution in [0.5, 0.6) is 11.5 Å². The molecule has 27 heavy (non-hydrogen) atoms. The summed E-state index contributed by atoms with van der Waals surface area (Å²) in [5, 5.41) is 6.66. The summed E-state index contributed by atoms with van der Waals surface area (Å²) >= 11 is 1.67. The van der Waals surface area contributed by atoms with Gasteiger partial charge in [0.05, 0.1) is 5.69 Å². The molecule has 2 aromatic heterocycles. The molecule has 1 N–H and O–H groups in total. The van der Waals surface area contributed by atoms with Gasteiger partial charge in [0, 0.05) is 55.6 Å². The van der Waals surface area contributed by atoms with E-state index in [9.17, 15) is 0 Å². The van der Waals surface area contributed by atoms with E-state index in [1.807, 2.05) is 36.7 Å². The lowest BCUT2D eigenvalue weighted by Gasteiger charge is -2.35. The maximum Gasteiger partial charge on any atom is 0.231 e. The van der Waals surface area contributed by atoms with Gasteiger partial charge in [-0.2, -0.15) is 0 Å². The number of hydrogen-bond acceptors (Lipinski definition) is 7. The van der Waals surface area contributed by atoms with E-state index in [0.717, 1.165) is 53.9 Å². The standard InChI is InChI=1S/C20H20N4O2S/c1-2-15(9-21-5-1)17-10-22-6-7-24(17)11-16-12-27-20(23-16)14-3-4-18-19(8-14)26-13-25-18/h1-5,8-9,12,17,22H,6-7,10-11,13H2. The smallest absolute Gasteiger partial charge is 0.231 e. The molecular formula is C20H20N4O2S.